The van der Waals surface area contributed by atoms with E-state index in [0.717, 1.165) is 12.1 Å². The lowest BCUT2D eigenvalue weighted by atomic mass is 10.1. The Morgan fingerprint density at radius 2 is 2.11 bits per heavy atom. The maximum atomic E-state index is 12.3. The van der Waals surface area contributed by atoms with Gasteiger partial charge in [-0.3, -0.25) is 4.68 Å². The predicted molar refractivity (Wildman–Crippen MR) is 61.7 cm³/mol. The van der Waals surface area contributed by atoms with Gasteiger partial charge >= 0.3 is 6.36 Å². The molecule has 4 nitrogen and oxygen atoms in total. The van der Waals surface area contributed by atoms with Gasteiger partial charge in [0, 0.05) is 23.9 Å². The maximum absolute atomic E-state index is 12.3. The van der Waals surface area contributed by atoms with Gasteiger partial charge < -0.3 is 9.84 Å². The summed E-state index contributed by atoms with van der Waals surface area (Å²) >= 11 is 0. The van der Waals surface area contributed by atoms with Crippen LogP contribution in [0.5, 0.6) is 11.5 Å². The Labute approximate surface area is 107 Å². The summed E-state index contributed by atoms with van der Waals surface area (Å²) < 4.78 is 42.4. The van der Waals surface area contributed by atoms with Crippen LogP contribution in [-0.4, -0.2) is 21.2 Å². The molecule has 0 saturated heterocycles. The van der Waals surface area contributed by atoms with Crippen molar-refractivity contribution in [2.45, 2.75) is 19.8 Å². The fraction of sp³-hybridized carbons (Fsp3) is 0.250. The number of hydrogen-bond acceptors (Lipinski definition) is 3. The summed E-state index contributed by atoms with van der Waals surface area (Å²) in [6.45, 7) is 2.45. The SMILES string of the molecule is CCn1cc(-c2cc(O)ccc2OC(F)(F)F)cn1. The highest BCUT2D eigenvalue weighted by molar-refractivity contribution is 5.70. The van der Waals surface area contributed by atoms with E-state index in [9.17, 15) is 18.3 Å². The molecule has 2 aromatic rings. The topological polar surface area (TPSA) is 47.3 Å². The van der Waals surface area contributed by atoms with Gasteiger partial charge in [0.15, 0.2) is 0 Å². The summed E-state index contributed by atoms with van der Waals surface area (Å²) in [4.78, 5) is 0. The number of benzene rings is 1. The molecule has 1 N–H and O–H groups in total. The van der Waals surface area contributed by atoms with E-state index in [1.54, 1.807) is 10.9 Å². The van der Waals surface area contributed by atoms with Crippen molar-refractivity contribution in [3.8, 4) is 22.6 Å². The quantitative estimate of drug-likeness (QED) is 0.933. The molecule has 1 aromatic heterocycles. The smallest absolute Gasteiger partial charge is 0.508 e. The molecular weight excluding hydrogens is 261 g/mol. The second-order valence-electron chi connectivity index (χ2n) is 3.81. The van der Waals surface area contributed by atoms with Crippen molar-refractivity contribution in [3.05, 3.63) is 30.6 Å². The van der Waals surface area contributed by atoms with Crippen molar-refractivity contribution >= 4 is 0 Å². The number of aromatic hydroxyl groups is 1. The van der Waals surface area contributed by atoms with Gasteiger partial charge in [-0.25, -0.2) is 0 Å². The van der Waals surface area contributed by atoms with Crippen molar-refractivity contribution in [2.75, 3.05) is 0 Å². The molecule has 0 aliphatic carbocycles. The number of nitrogens with zero attached hydrogens (tertiary/aromatic N) is 2. The first-order chi connectivity index (χ1) is 8.89. The van der Waals surface area contributed by atoms with E-state index in [0.29, 0.717) is 12.1 Å². The summed E-state index contributed by atoms with van der Waals surface area (Å²) in [6, 6.07) is 3.41. The Bertz CT molecular complexity index is 579. The van der Waals surface area contributed by atoms with E-state index in [-0.39, 0.29) is 17.1 Å². The average Bonchev–Trinajstić information content (AvgIpc) is 2.78. The van der Waals surface area contributed by atoms with Crippen molar-refractivity contribution < 1.29 is 23.0 Å². The van der Waals surface area contributed by atoms with Gasteiger partial charge in [0.1, 0.15) is 11.5 Å². The summed E-state index contributed by atoms with van der Waals surface area (Å²) in [5, 5.41) is 13.4. The number of ether oxygens (including phenoxy) is 1. The molecule has 19 heavy (non-hydrogen) atoms. The lowest BCUT2D eigenvalue weighted by Crippen LogP contribution is -2.17. The van der Waals surface area contributed by atoms with Gasteiger partial charge in [0.25, 0.3) is 0 Å². The van der Waals surface area contributed by atoms with Crippen molar-refractivity contribution in [1.82, 2.24) is 9.78 Å². The molecule has 0 radical (unpaired) electrons. The van der Waals surface area contributed by atoms with Crippen LogP contribution in [0.25, 0.3) is 11.1 Å². The third kappa shape index (κ3) is 3.18. The molecule has 7 heteroatoms. The van der Waals surface area contributed by atoms with E-state index in [1.807, 2.05) is 6.92 Å². The van der Waals surface area contributed by atoms with Gasteiger partial charge in [-0.2, -0.15) is 5.10 Å². The van der Waals surface area contributed by atoms with Gasteiger partial charge in [0.2, 0.25) is 0 Å². The first kappa shape index (κ1) is 13.3. The molecule has 1 aromatic carbocycles. The molecule has 102 valence electrons. The van der Waals surface area contributed by atoms with Crippen molar-refractivity contribution in [3.63, 3.8) is 0 Å². The highest BCUT2D eigenvalue weighted by Crippen LogP contribution is 2.35. The highest BCUT2D eigenvalue weighted by Gasteiger charge is 2.32. The minimum atomic E-state index is -4.79. The van der Waals surface area contributed by atoms with E-state index in [4.69, 9.17) is 0 Å². The predicted octanol–water partition coefficient (Wildman–Crippen LogP) is 3.17. The van der Waals surface area contributed by atoms with Crippen LogP contribution in [0, 0.1) is 0 Å². The third-order valence-corrected chi connectivity index (χ3v) is 2.46. The normalized spacial score (nSPS) is 11.6. The number of hydrogen-bond donors (Lipinski definition) is 1. The number of phenols is 1. The Balaban J connectivity index is 2.45. The monoisotopic (exact) mass is 272 g/mol. The van der Waals surface area contributed by atoms with Crippen LogP contribution in [0.4, 0.5) is 13.2 Å². The molecule has 2 rings (SSSR count). The second kappa shape index (κ2) is 4.83. The summed E-state index contributed by atoms with van der Waals surface area (Å²) in [5.74, 6) is -0.519. The highest BCUT2D eigenvalue weighted by atomic mass is 19.4. The minimum absolute atomic E-state index is 0.136. The zero-order chi connectivity index (χ0) is 14.0. The minimum Gasteiger partial charge on any atom is -0.508 e. The van der Waals surface area contributed by atoms with Gasteiger partial charge in [-0.15, -0.1) is 13.2 Å². The first-order valence-electron chi connectivity index (χ1n) is 5.50. The molecule has 0 bridgehead atoms. The lowest BCUT2D eigenvalue weighted by molar-refractivity contribution is -0.274. The number of aromatic nitrogens is 2. The van der Waals surface area contributed by atoms with E-state index in [1.165, 1.54) is 12.3 Å². The van der Waals surface area contributed by atoms with Gasteiger partial charge in [-0.1, -0.05) is 0 Å². The Morgan fingerprint density at radius 3 is 2.68 bits per heavy atom. The van der Waals surface area contributed by atoms with Gasteiger partial charge in [-0.05, 0) is 25.1 Å². The number of rotatable bonds is 3. The number of phenolic OH excluding ortho intramolecular Hbond substituents is 1. The average molecular weight is 272 g/mol. The molecule has 0 atom stereocenters. The van der Waals surface area contributed by atoms with Crippen LogP contribution >= 0.6 is 0 Å². The summed E-state index contributed by atoms with van der Waals surface area (Å²) in [6.07, 6.45) is -1.79. The number of aryl methyl sites for hydroxylation is 1. The molecular formula is C12H11F3N2O2. The summed E-state index contributed by atoms with van der Waals surface area (Å²) in [7, 11) is 0. The molecule has 0 aliphatic rings. The molecule has 0 fully saturated rings. The molecule has 0 spiro atoms. The molecule has 0 amide bonds. The third-order valence-electron chi connectivity index (χ3n) is 2.46. The molecule has 1 heterocycles. The van der Waals surface area contributed by atoms with Crippen LogP contribution in [0.2, 0.25) is 0 Å². The van der Waals surface area contributed by atoms with Gasteiger partial charge in [0.05, 0.1) is 6.20 Å². The second-order valence-corrected chi connectivity index (χ2v) is 3.81. The standard InChI is InChI=1S/C12H11F3N2O2/c1-2-17-7-8(6-16-17)10-5-9(18)3-4-11(10)19-12(13,14)15/h3-7,18H,2H2,1H3. The van der Waals surface area contributed by atoms with Crippen LogP contribution in [-0.2, 0) is 6.54 Å². The summed E-state index contributed by atoms with van der Waals surface area (Å²) in [5.41, 5.74) is 0.578. The fourth-order valence-electron chi connectivity index (χ4n) is 1.63. The van der Waals surface area contributed by atoms with E-state index in [2.05, 4.69) is 9.84 Å². The Hall–Kier alpha value is -2.18. The zero-order valence-electron chi connectivity index (χ0n) is 9.98. The number of alkyl halides is 3. The van der Waals surface area contributed by atoms with E-state index < -0.39 is 6.36 Å². The maximum Gasteiger partial charge on any atom is 0.573 e. The van der Waals surface area contributed by atoms with E-state index >= 15 is 0 Å². The van der Waals surface area contributed by atoms with Crippen LogP contribution < -0.4 is 4.74 Å². The Morgan fingerprint density at radius 1 is 1.37 bits per heavy atom. The molecule has 0 saturated carbocycles. The van der Waals surface area contributed by atoms with Crippen molar-refractivity contribution in [1.29, 1.82) is 0 Å². The lowest BCUT2D eigenvalue weighted by Gasteiger charge is -2.12. The van der Waals surface area contributed by atoms with Crippen LogP contribution in [0.3, 0.4) is 0 Å². The van der Waals surface area contributed by atoms with Crippen LogP contribution in [0.15, 0.2) is 30.6 Å². The Kier molecular flexibility index (Phi) is 3.37. The van der Waals surface area contributed by atoms with Crippen molar-refractivity contribution in [2.24, 2.45) is 0 Å². The fourth-order valence-corrected chi connectivity index (χ4v) is 1.63. The molecule has 0 aliphatic heterocycles. The largest absolute Gasteiger partial charge is 0.573 e. The molecule has 0 unspecified atom stereocenters. The van der Waals surface area contributed by atoms with Crippen LogP contribution in [0.1, 0.15) is 6.92 Å². The zero-order valence-corrected chi connectivity index (χ0v) is 9.98. The first-order valence-corrected chi connectivity index (χ1v) is 5.50. The number of halogens is 3.